The number of rotatable bonds is 5. The highest BCUT2D eigenvalue weighted by molar-refractivity contribution is 5.96. The Bertz CT molecular complexity index is 1020. The van der Waals surface area contributed by atoms with E-state index >= 15 is 0 Å². The number of para-hydroxylation sites is 1. The van der Waals surface area contributed by atoms with Crippen LogP contribution in [0.2, 0.25) is 0 Å². The number of nitrogens with one attached hydrogen (secondary N) is 1. The van der Waals surface area contributed by atoms with Crippen LogP contribution in [-0.4, -0.2) is 78.5 Å². The molecule has 0 saturated carbocycles. The molecule has 2 fully saturated rings. The molecule has 0 unspecified atom stereocenters. The van der Waals surface area contributed by atoms with Gasteiger partial charge in [0.2, 0.25) is 5.91 Å². The number of hydrogen-bond acceptors (Lipinski definition) is 4. The molecule has 1 spiro atoms. The lowest BCUT2D eigenvalue weighted by atomic mass is 9.85. The molecule has 34 heavy (non-hydrogen) atoms. The van der Waals surface area contributed by atoms with Gasteiger partial charge in [-0.1, -0.05) is 48.5 Å². The number of carbonyl (C=O) groups is 3. The Morgan fingerprint density at radius 3 is 2.18 bits per heavy atom. The molecule has 8 nitrogen and oxygen atoms in total. The third-order valence-electron chi connectivity index (χ3n) is 6.84. The number of carbonyl (C=O) groups excluding carboxylic acids is 3. The van der Waals surface area contributed by atoms with Gasteiger partial charge in [-0.05, 0) is 37.5 Å². The maximum absolute atomic E-state index is 13.8. The van der Waals surface area contributed by atoms with Crippen molar-refractivity contribution in [2.45, 2.75) is 31.3 Å². The number of hydrogen-bond donors (Lipinski definition) is 1. The number of likely N-dealkylation sites (tertiary alicyclic amines) is 1. The summed E-state index contributed by atoms with van der Waals surface area (Å²) in [6.07, 6.45) is 1.05. The lowest BCUT2D eigenvalue weighted by Gasteiger charge is -2.43. The van der Waals surface area contributed by atoms with Crippen LogP contribution in [0.5, 0.6) is 0 Å². The highest BCUT2D eigenvalue weighted by Gasteiger charge is 2.54. The fraction of sp³-hybridized carbons (Fsp3) is 0.423. The first kappa shape index (κ1) is 23.6. The summed E-state index contributed by atoms with van der Waals surface area (Å²) >= 11 is 0. The molecule has 2 aromatic carbocycles. The van der Waals surface area contributed by atoms with Crippen LogP contribution in [0.3, 0.4) is 0 Å². The summed E-state index contributed by atoms with van der Waals surface area (Å²) in [4.78, 5) is 46.2. The number of benzene rings is 2. The minimum Gasteiger partial charge on any atom is -0.348 e. The minimum atomic E-state index is -0.754. The summed E-state index contributed by atoms with van der Waals surface area (Å²) in [5.41, 5.74) is 1.21. The molecule has 2 aromatic rings. The van der Waals surface area contributed by atoms with Gasteiger partial charge in [0.1, 0.15) is 12.1 Å². The Morgan fingerprint density at radius 1 is 1.00 bits per heavy atom. The summed E-state index contributed by atoms with van der Waals surface area (Å²) in [7, 11) is 3.47. The van der Waals surface area contributed by atoms with Crippen LogP contribution in [0, 0.1) is 0 Å². The van der Waals surface area contributed by atoms with E-state index in [4.69, 9.17) is 0 Å². The summed E-state index contributed by atoms with van der Waals surface area (Å²) < 4.78 is 0. The molecule has 1 N–H and O–H groups in total. The summed E-state index contributed by atoms with van der Waals surface area (Å²) in [5, 5.41) is 3.01. The van der Waals surface area contributed by atoms with Crippen molar-refractivity contribution in [3.05, 3.63) is 66.2 Å². The molecule has 1 atom stereocenters. The van der Waals surface area contributed by atoms with Gasteiger partial charge in [0, 0.05) is 32.9 Å². The second kappa shape index (κ2) is 9.75. The van der Waals surface area contributed by atoms with E-state index < -0.39 is 5.54 Å². The Labute approximate surface area is 201 Å². The molecule has 0 bridgehead atoms. The fourth-order valence-electron chi connectivity index (χ4n) is 4.96. The van der Waals surface area contributed by atoms with Gasteiger partial charge in [0.25, 0.3) is 5.91 Å². The molecule has 2 aliphatic rings. The third kappa shape index (κ3) is 4.58. The van der Waals surface area contributed by atoms with Crippen molar-refractivity contribution in [2.75, 3.05) is 45.3 Å². The zero-order valence-corrected chi connectivity index (χ0v) is 20.1. The molecule has 0 radical (unpaired) electrons. The first-order valence-electron chi connectivity index (χ1n) is 11.7. The number of urea groups is 1. The van der Waals surface area contributed by atoms with Gasteiger partial charge >= 0.3 is 6.03 Å². The van der Waals surface area contributed by atoms with Crippen molar-refractivity contribution in [3.63, 3.8) is 0 Å². The summed E-state index contributed by atoms with van der Waals surface area (Å²) in [6, 6.07) is 19.4. The number of amides is 4. The van der Waals surface area contributed by atoms with E-state index in [9.17, 15) is 14.4 Å². The zero-order valence-electron chi connectivity index (χ0n) is 20.1. The summed E-state index contributed by atoms with van der Waals surface area (Å²) in [5.74, 6) is -0.231. The van der Waals surface area contributed by atoms with Crippen LogP contribution in [0.1, 0.15) is 31.4 Å². The molecule has 180 valence electrons. The molecule has 2 heterocycles. The van der Waals surface area contributed by atoms with Crippen molar-refractivity contribution >= 4 is 23.5 Å². The maximum atomic E-state index is 13.8. The lowest BCUT2D eigenvalue weighted by Crippen LogP contribution is -2.58. The predicted octanol–water partition coefficient (Wildman–Crippen LogP) is 2.69. The van der Waals surface area contributed by atoms with E-state index in [2.05, 4.69) is 10.2 Å². The standard InChI is InChI=1S/C26H33N5O3/c1-20(21-10-6-4-7-11-21)27-23(32)18-30-19-31(22-12-8-5-9-13-22)26(24(30)33)14-16-29(17-15-26)25(34)28(2)3/h4-13,20H,14-19H2,1-3H3,(H,27,32)/t20-/m0/s1. The Balaban J connectivity index is 1.50. The quantitative estimate of drug-likeness (QED) is 0.740. The first-order valence-corrected chi connectivity index (χ1v) is 11.7. The second-order valence-electron chi connectivity index (χ2n) is 9.30. The van der Waals surface area contributed by atoms with E-state index in [1.54, 1.807) is 28.8 Å². The molecule has 2 aliphatic heterocycles. The molecular formula is C26H33N5O3. The van der Waals surface area contributed by atoms with Gasteiger partial charge in [0.15, 0.2) is 0 Å². The van der Waals surface area contributed by atoms with Crippen LogP contribution >= 0.6 is 0 Å². The Hall–Kier alpha value is -3.55. The van der Waals surface area contributed by atoms with E-state index in [0.29, 0.717) is 32.6 Å². The van der Waals surface area contributed by atoms with Crippen molar-refractivity contribution in [1.29, 1.82) is 0 Å². The average Bonchev–Trinajstić information content (AvgIpc) is 3.11. The Morgan fingerprint density at radius 2 is 1.59 bits per heavy atom. The zero-order chi connectivity index (χ0) is 24.3. The van der Waals surface area contributed by atoms with Gasteiger partial charge in [-0.2, -0.15) is 0 Å². The largest absolute Gasteiger partial charge is 0.348 e. The number of anilines is 1. The average molecular weight is 464 g/mol. The van der Waals surface area contributed by atoms with Gasteiger partial charge in [-0.25, -0.2) is 4.79 Å². The molecule has 0 aromatic heterocycles. The molecule has 8 heteroatoms. The summed E-state index contributed by atoms with van der Waals surface area (Å²) in [6.45, 7) is 3.28. The molecule has 4 amide bonds. The van der Waals surface area contributed by atoms with Gasteiger partial charge in [-0.15, -0.1) is 0 Å². The predicted molar refractivity (Wildman–Crippen MR) is 131 cm³/mol. The topological polar surface area (TPSA) is 76.2 Å². The maximum Gasteiger partial charge on any atom is 0.319 e. The van der Waals surface area contributed by atoms with Crippen LogP contribution < -0.4 is 10.2 Å². The highest BCUT2D eigenvalue weighted by Crippen LogP contribution is 2.39. The highest BCUT2D eigenvalue weighted by atomic mass is 16.2. The number of piperidine rings is 1. The fourth-order valence-corrected chi connectivity index (χ4v) is 4.96. The lowest BCUT2D eigenvalue weighted by molar-refractivity contribution is -0.137. The van der Waals surface area contributed by atoms with Crippen LogP contribution in [0.4, 0.5) is 10.5 Å². The normalized spacial score (nSPS) is 18.2. The molecular weight excluding hydrogens is 430 g/mol. The van der Waals surface area contributed by atoms with Crippen LogP contribution in [0.25, 0.3) is 0 Å². The van der Waals surface area contributed by atoms with Crippen molar-refractivity contribution in [1.82, 2.24) is 20.0 Å². The molecule has 2 saturated heterocycles. The van der Waals surface area contributed by atoms with Crippen LogP contribution in [-0.2, 0) is 9.59 Å². The van der Waals surface area contributed by atoms with E-state index in [0.717, 1.165) is 11.3 Å². The molecule has 0 aliphatic carbocycles. The van der Waals surface area contributed by atoms with Gasteiger partial charge in [0.05, 0.1) is 12.7 Å². The number of nitrogens with zero attached hydrogens (tertiary/aromatic N) is 4. The van der Waals surface area contributed by atoms with Gasteiger partial charge < -0.3 is 24.9 Å². The van der Waals surface area contributed by atoms with Crippen molar-refractivity contribution in [2.24, 2.45) is 0 Å². The first-order chi connectivity index (χ1) is 16.3. The monoisotopic (exact) mass is 463 g/mol. The Kier molecular flexibility index (Phi) is 6.77. The van der Waals surface area contributed by atoms with E-state index in [-0.39, 0.29) is 30.4 Å². The third-order valence-corrected chi connectivity index (χ3v) is 6.84. The van der Waals surface area contributed by atoms with Crippen molar-refractivity contribution in [3.8, 4) is 0 Å². The van der Waals surface area contributed by atoms with Crippen molar-refractivity contribution < 1.29 is 14.4 Å². The van der Waals surface area contributed by atoms with E-state index in [1.807, 2.05) is 67.6 Å². The minimum absolute atomic E-state index is 0.00142. The van der Waals surface area contributed by atoms with E-state index in [1.165, 1.54) is 0 Å². The second-order valence-corrected chi connectivity index (χ2v) is 9.30. The molecule has 4 rings (SSSR count). The van der Waals surface area contributed by atoms with Gasteiger partial charge in [-0.3, -0.25) is 9.59 Å². The SMILES string of the molecule is C[C@H](NC(=O)CN1CN(c2ccccc2)C2(CCN(C(=O)N(C)C)CC2)C1=O)c1ccccc1. The van der Waals surface area contributed by atoms with Crippen LogP contribution in [0.15, 0.2) is 60.7 Å². The smallest absolute Gasteiger partial charge is 0.319 e.